The maximum atomic E-state index is 12.4. The van der Waals surface area contributed by atoms with Gasteiger partial charge in [-0.3, -0.25) is 4.79 Å². The molecule has 2 unspecified atom stereocenters. The van der Waals surface area contributed by atoms with E-state index in [2.05, 4.69) is 11.9 Å². The van der Waals surface area contributed by atoms with Gasteiger partial charge < -0.3 is 25.3 Å². The topological polar surface area (TPSA) is 107 Å². The van der Waals surface area contributed by atoms with Crippen LogP contribution in [-0.4, -0.2) is 44.4 Å². The molecule has 1 amide bonds. The van der Waals surface area contributed by atoms with Gasteiger partial charge in [-0.05, 0) is 28.7 Å². The lowest BCUT2D eigenvalue weighted by atomic mass is 9.92. The number of likely N-dealkylation sites (tertiary alicyclic amines) is 1. The number of nitrogens with zero attached hydrogens (tertiary/aromatic N) is 4. The third-order valence-corrected chi connectivity index (χ3v) is 4.29. The van der Waals surface area contributed by atoms with Gasteiger partial charge in [0.05, 0.1) is 0 Å². The van der Waals surface area contributed by atoms with Crippen molar-refractivity contribution in [3.8, 4) is 0 Å². The number of aryl methyl sites for hydroxylation is 2. The van der Waals surface area contributed by atoms with Gasteiger partial charge in [-0.1, -0.05) is 6.92 Å². The minimum atomic E-state index is -0.526. The number of nitro groups is 1. The van der Waals surface area contributed by atoms with Crippen LogP contribution in [-0.2, 0) is 11.3 Å². The monoisotopic (exact) mass is 309 g/mol. The van der Waals surface area contributed by atoms with Gasteiger partial charge in [-0.25, -0.2) is 0 Å². The first kappa shape index (κ1) is 16.4. The number of carbonyl (C=O) groups is 1. The minimum Gasteiger partial charge on any atom is -0.358 e. The SMILES string of the molecule is Cc1nc([N+](=O)[O-])cn1CCC(=O)N1CCC(C)CC1CN. The summed E-state index contributed by atoms with van der Waals surface area (Å²) in [6, 6.07) is 0.106. The predicted octanol–water partition coefficient (Wildman–Crippen LogP) is 1.08. The second kappa shape index (κ2) is 6.87. The highest BCUT2D eigenvalue weighted by atomic mass is 16.6. The van der Waals surface area contributed by atoms with Crippen molar-refractivity contribution in [2.75, 3.05) is 13.1 Å². The van der Waals surface area contributed by atoms with Crippen LogP contribution in [0.5, 0.6) is 0 Å². The van der Waals surface area contributed by atoms with E-state index >= 15 is 0 Å². The summed E-state index contributed by atoms with van der Waals surface area (Å²) in [4.78, 5) is 28.3. The predicted molar refractivity (Wildman–Crippen MR) is 81.2 cm³/mol. The molecule has 122 valence electrons. The molecule has 8 heteroatoms. The Morgan fingerprint density at radius 2 is 2.32 bits per heavy atom. The molecule has 2 heterocycles. The average Bonchev–Trinajstić information content (AvgIpc) is 2.86. The van der Waals surface area contributed by atoms with Gasteiger partial charge in [-0.15, -0.1) is 0 Å². The van der Waals surface area contributed by atoms with Crippen LogP contribution in [0, 0.1) is 23.0 Å². The Morgan fingerprint density at radius 3 is 2.91 bits per heavy atom. The molecule has 2 N–H and O–H groups in total. The van der Waals surface area contributed by atoms with Crippen LogP contribution in [0.4, 0.5) is 5.82 Å². The van der Waals surface area contributed by atoms with Crippen LogP contribution >= 0.6 is 0 Å². The van der Waals surface area contributed by atoms with Crippen molar-refractivity contribution in [3.63, 3.8) is 0 Å². The van der Waals surface area contributed by atoms with Crippen molar-refractivity contribution in [1.82, 2.24) is 14.5 Å². The number of aromatic nitrogens is 2. The zero-order chi connectivity index (χ0) is 16.3. The Kier molecular flexibility index (Phi) is 5.12. The van der Waals surface area contributed by atoms with Crippen LogP contribution in [0.1, 0.15) is 32.0 Å². The van der Waals surface area contributed by atoms with Crippen molar-refractivity contribution < 1.29 is 9.72 Å². The molecular formula is C14H23N5O3. The highest BCUT2D eigenvalue weighted by Crippen LogP contribution is 2.22. The summed E-state index contributed by atoms with van der Waals surface area (Å²) in [5.74, 6) is 1.01. The lowest BCUT2D eigenvalue weighted by Crippen LogP contribution is -2.49. The van der Waals surface area contributed by atoms with Crippen LogP contribution in [0.2, 0.25) is 0 Å². The zero-order valence-electron chi connectivity index (χ0n) is 13.1. The summed E-state index contributed by atoms with van der Waals surface area (Å²) in [6.07, 6.45) is 3.62. The quantitative estimate of drug-likeness (QED) is 0.646. The molecule has 1 aliphatic rings. The molecule has 2 rings (SSSR count). The lowest BCUT2D eigenvalue weighted by molar-refractivity contribution is -0.389. The molecule has 0 radical (unpaired) electrons. The van der Waals surface area contributed by atoms with Gasteiger partial charge in [-0.2, -0.15) is 0 Å². The summed E-state index contributed by atoms with van der Waals surface area (Å²) in [7, 11) is 0. The maximum Gasteiger partial charge on any atom is 0.381 e. The van der Waals surface area contributed by atoms with Gasteiger partial charge in [0.1, 0.15) is 6.20 Å². The molecule has 0 aromatic carbocycles. The summed E-state index contributed by atoms with van der Waals surface area (Å²) in [6.45, 7) is 5.49. The fraction of sp³-hybridized carbons (Fsp3) is 0.714. The second-order valence-electron chi connectivity index (χ2n) is 5.95. The summed E-state index contributed by atoms with van der Waals surface area (Å²) >= 11 is 0. The number of amides is 1. The van der Waals surface area contributed by atoms with Crippen LogP contribution in [0.15, 0.2) is 6.20 Å². The Labute approximate surface area is 129 Å². The summed E-state index contributed by atoms with van der Waals surface area (Å²) in [5, 5.41) is 10.7. The van der Waals surface area contributed by atoms with E-state index in [1.54, 1.807) is 11.5 Å². The van der Waals surface area contributed by atoms with Crippen LogP contribution in [0.3, 0.4) is 0 Å². The number of hydrogen-bond donors (Lipinski definition) is 1. The Morgan fingerprint density at radius 1 is 1.59 bits per heavy atom. The molecular weight excluding hydrogens is 286 g/mol. The highest BCUT2D eigenvalue weighted by molar-refractivity contribution is 5.76. The lowest BCUT2D eigenvalue weighted by Gasteiger charge is -2.38. The van der Waals surface area contributed by atoms with E-state index in [4.69, 9.17) is 5.73 Å². The van der Waals surface area contributed by atoms with Crippen molar-refractivity contribution in [1.29, 1.82) is 0 Å². The highest BCUT2D eigenvalue weighted by Gasteiger charge is 2.28. The van der Waals surface area contributed by atoms with Gasteiger partial charge in [0.25, 0.3) is 0 Å². The molecule has 0 saturated carbocycles. The van der Waals surface area contributed by atoms with E-state index in [0.29, 0.717) is 31.3 Å². The first-order chi connectivity index (χ1) is 10.4. The third-order valence-electron chi connectivity index (χ3n) is 4.29. The molecule has 1 saturated heterocycles. The number of nitrogens with two attached hydrogens (primary N) is 1. The van der Waals surface area contributed by atoms with E-state index in [0.717, 1.165) is 19.4 Å². The van der Waals surface area contributed by atoms with Gasteiger partial charge in [0.2, 0.25) is 11.7 Å². The Balaban J connectivity index is 1.96. The normalized spacial score (nSPS) is 21.9. The van der Waals surface area contributed by atoms with E-state index in [1.165, 1.54) is 6.20 Å². The number of imidazole rings is 1. The Bertz CT molecular complexity index is 557. The van der Waals surface area contributed by atoms with Gasteiger partial charge >= 0.3 is 5.82 Å². The molecule has 0 aliphatic carbocycles. The fourth-order valence-corrected chi connectivity index (χ4v) is 2.97. The molecule has 1 aliphatic heterocycles. The van der Waals surface area contributed by atoms with Crippen molar-refractivity contribution >= 4 is 11.7 Å². The van der Waals surface area contributed by atoms with Crippen molar-refractivity contribution in [2.45, 2.75) is 45.7 Å². The van der Waals surface area contributed by atoms with Gasteiger partial charge in [0, 0.05) is 39.0 Å². The fourth-order valence-electron chi connectivity index (χ4n) is 2.97. The maximum absolute atomic E-state index is 12.4. The average molecular weight is 309 g/mol. The minimum absolute atomic E-state index is 0.0538. The summed E-state index contributed by atoms with van der Waals surface area (Å²) < 4.78 is 1.65. The summed E-state index contributed by atoms with van der Waals surface area (Å²) in [5.41, 5.74) is 5.78. The van der Waals surface area contributed by atoms with Crippen LogP contribution < -0.4 is 5.73 Å². The molecule has 1 aromatic heterocycles. The standard InChI is InChI=1S/C14H23N5O3/c1-10-3-6-18(12(7-10)8-15)14(20)4-5-17-9-13(19(21)22)16-11(17)2/h9-10,12H,3-8,15H2,1-2H3. The molecule has 8 nitrogen and oxygen atoms in total. The van der Waals surface area contributed by atoms with E-state index in [-0.39, 0.29) is 17.8 Å². The smallest absolute Gasteiger partial charge is 0.358 e. The van der Waals surface area contributed by atoms with Crippen LogP contribution in [0.25, 0.3) is 0 Å². The molecule has 1 aromatic rings. The number of carbonyl (C=O) groups excluding carboxylic acids is 1. The van der Waals surface area contributed by atoms with Crippen molar-refractivity contribution in [2.24, 2.45) is 11.7 Å². The molecule has 2 atom stereocenters. The molecule has 1 fully saturated rings. The third kappa shape index (κ3) is 3.62. The number of piperidine rings is 1. The van der Waals surface area contributed by atoms with E-state index < -0.39 is 4.92 Å². The molecule has 22 heavy (non-hydrogen) atoms. The molecule has 0 spiro atoms. The van der Waals surface area contributed by atoms with Crippen molar-refractivity contribution in [3.05, 3.63) is 22.1 Å². The van der Waals surface area contributed by atoms with E-state index in [1.807, 2.05) is 4.90 Å². The first-order valence-corrected chi connectivity index (χ1v) is 7.60. The Hall–Kier alpha value is -1.96. The molecule has 0 bridgehead atoms. The first-order valence-electron chi connectivity index (χ1n) is 7.60. The number of rotatable bonds is 5. The van der Waals surface area contributed by atoms with Gasteiger partial charge in [0.15, 0.2) is 0 Å². The second-order valence-corrected chi connectivity index (χ2v) is 5.95. The number of hydrogen-bond acceptors (Lipinski definition) is 5. The zero-order valence-corrected chi connectivity index (χ0v) is 13.1. The van der Waals surface area contributed by atoms with E-state index in [9.17, 15) is 14.9 Å². The largest absolute Gasteiger partial charge is 0.381 e.